The molecule has 0 aliphatic carbocycles. The maximum atomic E-state index is 12.2. The summed E-state index contributed by atoms with van der Waals surface area (Å²) in [5, 5.41) is 13.7. The van der Waals surface area contributed by atoms with Crippen molar-refractivity contribution in [1.29, 1.82) is 0 Å². The number of nitro groups is 1. The first-order valence-electron chi connectivity index (χ1n) is 8.60. The molecule has 0 aromatic heterocycles. The number of hydrogen-bond donors (Lipinski definition) is 1. The predicted octanol–water partition coefficient (Wildman–Crippen LogP) is 3.82. The molecule has 2 aromatic rings. The van der Waals surface area contributed by atoms with Crippen molar-refractivity contribution in [2.24, 2.45) is 0 Å². The second-order valence-corrected chi connectivity index (χ2v) is 6.70. The molecule has 0 bridgehead atoms. The summed E-state index contributed by atoms with van der Waals surface area (Å²) in [5.41, 5.74) is 2.33. The van der Waals surface area contributed by atoms with Crippen LogP contribution in [-0.2, 0) is 6.42 Å². The Morgan fingerprint density at radius 1 is 1.15 bits per heavy atom. The fourth-order valence-electron chi connectivity index (χ4n) is 3.07. The van der Waals surface area contributed by atoms with Gasteiger partial charge < -0.3 is 10.2 Å². The Balaban J connectivity index is 1.53. The molecule has 1 saturated heterocycles. The normalized spacial score (nSPS) is 13.7. The summed E-state index contributed by atoms with van der Waals surface area (Å²) >= 11 is 5.76. The van der Waals surface area contributed by atoms with Gasteiger partial charge in [-0.05, 0) is 49.1 Å². The number of amides is 1. The van der Waals surface area contributed by atoms with Gasteiger partial charge in [0, 0.05) is 37.0 Å². The van der Waals surface area contributed by atoms with Gasteiger partial charge in [-0.15, -0.1) is 0 Å². The molecule has 0 unspecified atom stereocenters. The largest absolute Gasteiger partial charge is 0.372 e. The van der Waals surface area contributed by atoms with Gasteiger partial charge >= 0.3 is 0 Å². The molecule has 136 valence electrons. The van der Waals surface area contributed by atoms with Crippen molar-refractivity contribution < 1.29 is 9.72 Å². The lowest BCUT2D eigenvalue weighted by atomic mass is 10.1. The van der Waals surface area contributed by atoms with Crippen LogP contribution in [0.2, 0.25) is 5.02 Å². The van der Waals surface area contributed by atoms with Gasteiger partial charge in [0.2, 0.25) is 0 Å². The van der Waals surface area contributed by atoms with Crippen LogP contribution in [0.4, 0.5) is 11.4 Å². The molecule has 0 radical (unpaired) electrons. The second-order valence-electron chi connectivity index (χ2n) is 6.29. The van der Waals surface area contributed by atoms with Gasteiger partial charge in [-0.2, -0.15) is 0 Å². The Bertz CT molecular complexity index is 802. The zero-order chi connectivity index (χ0) is 18.5. The van der Waals surface area contributed by atoms with Crippen molar-refractivity contribution in [3.8, 4) is 0 Å². The SMILES string of the molecule is O=C(NCCc1ccc(N2CCCC2)cc1)c1ccc(Cl)c([N+](=O)[O-])c1. The van der Waals surface area contributed by atoms with Crippen molar-refractivity contribution >= 4 is 28.9 Å². The van der Waals surface area contributed by atoms with Crippen LogP contribution in [0.15, 0.2) is 42.5 Å². The minimum Gasteiger partial charge on any atom is -0.372 e. The van der Waals surface area contributed by atoms with E-state index in [0.717, 1.165) is 18.7 Å². The third-order valence-electron chi connectivity index (χ3n) is 4.51. The fourth-order valence-corrected chi connectivity index (χ4v) is 3.25. The van der Waals surface area contributed by atoms with Gasteiger partial charge in [0.15, 0.2) is 0 Å². The average Bonchev–Trinajstić information content (AvgIpc) is 3.17. The van der Waals surface area contributed by atoms with E-state index in [1.807, 2.05) is 0 Å². The predicted molar refractivity (Wildman–Crippen MR) is 102 cm³/mol. The summed E-state index contributed by atoms with van der Waals surface area (Å²) in [6.45, 7) is 2.68. The van der Waals surface area contributed by atoms with Gasteiger partial charge in [0.05, 0.1) is 4.92 Å². The number of nitro benzene ring substituents is 1. The molecular formula is C19H20ClN3O3. The zero-order valence-electron chi connectivity index (χ0n) is 14.3. The molecule has 1 fully saturated rings. The molecule has 1 aliphatic heterocycles. The van der Waals surface area contributed by atoms with Crippen molar-refractivity contribution in [3.63, 3.8) is 0 Å². The highest BCUT2D eigenvalue weighted by Crippen LogP contribution is 2.25. The molecule has 26 heavy (non-hydrogen) atoms. The molecule has 0 spiro atoms. The lowest BCUT2D eigenvalue weighted by Gasteiger charge is -2.17. The number of carbonyl (C=O) groups is 1. The van der Waals surface area contributed by atoms with Crippen LogP contribution in [0.1, 0.15) is 28.8 Å². The maximum absolute atomic E-state index is 12.2. The standard InChI is InChI=1S/C19H20ClN3O3/c20-17-8-5-15(13-18(17)23(25)26)19(24)21-10-9-14-3-6-16(7-4-14)22-11-1-2-12-22/h3-8,13H,1-2,9-12H2,(H,21,24). The number of hydrogen-bond acceptors (Lipinski definition) is 4. The van der Waals surface area contributed by atoms with Gasteiger partial charge in [-0.3, -0.25) is 14.9 Å². The van der Waals surface area contributed by atoms with Gasteiger partial charge in [-0.25, -0.2) is 0 Å². The number of anilines is 1. The third kappa shape index (κ3) is 4.32. The quantitative estimate of drug-likeness (QED) is 0.617. The van der Waals surface area contributed by atoms with Crippen LogP contribution in [-0.4, -0.2) is 30.5 Å². The van der Waals surface area contributed by atoms with Crippen LogP contribution in [0.3, 0.4) is 0 Å². The topological polar surface area (TPSA) is 75.5 Å². The summed E-state index contributed by atoms with van der Waals surface area (Å²) in [6.07, 6.45) is 3.19. The summed E-state index contributed by atoms with van der Waals surface area (Å²) in [6, 6.07) is 12.4. The zero-order valence-corrected chi connectivity index (χ0v) is 15.0. The molecule has 0 atom stereocenters. The van der Waals surface area contributed by atoms with Crippen molar-refractivity contribution in [1.82, 2.24) is 5.32 Å². The van der Waals surface area contributed by atoms with Crippen molar-refractivity contribution in [3.05, 3.63) is 68.7 Å². The third-order valence-corrected chi connectivity index (χ3v) is 4.83. The molecule has 1 N–H and O–H groups in total. The Morgan fingerprint density at radius 3 is 2.50 bits per heavy atom. The van der Waals surface area contributed by atoms with E-state index < -0.39 is 4.92 Å². The van der Waals surface area contributed by atoms with Crippen LogP contribution in [0, 0.1) is 10.1 Å². The molecule has 1 heterocycles. The number of halogens is 1. The Labute approximate surface area is 156 Å². The summed E-state index contributed by atoms with van der Waals surface area (Å²) in [4.78, 5) is 24.8. The van der Waals surface area contributed by atoms with Gasteiger partial charge in [0.25, 0.3) is 11.6 Å². The number of nitrogens with one attached hydrogen (secondary N) is 1. The number of nitrogens with zero attached hydrogens (tertiary/aromatic N) is 2. The van der Waals surface area contributed by atoms with E-state index >= 15 is 0 Å². The van der Waals surface area contributed by atoms with E-state index in [1.165, 1.54) is 36.7 Å². The van der Waals surface area contributed by atoms with Crippen LogP contribution in [0.5, 0.6) is 0 Å². The maximum Gasteiger partial charge on any atom is 0.288 e. The molecule has 0 saturated carbocycles. The van der Waals surface area contributed by atoms with Crippen LogP contribution >= 0.6 is 11.6 Å². The molecule has 6 nitrogen and oxygen atoms in total. The smallest absolute Gasteiger partial charge is 0.288 e. The lowest BCUT2D eigenvalue weighted by molar-refractivity contribution is -0.384. The first-order valence-corrected chi connectivity index (χ1v) is 8.98. The van der Waals surface area contributed by atoms with Gasteiger partial charge in [-0.1, -0.05) is 23.7 Å². The first kappa shape index (κ1) is 18.2. The highest BCUT2D eigenvalue weighted by atomic mass is 35.5. The van der Waals surface area contributed by atoms with E-state index in [0.29, 0.717) is 13.0 Å². The number of rotatable bonds is 6. The molecule has 1 amide bonds. The highest BCUT2D eigenvalue weighted by Gasteiger charge is 2.16. The average molecular weight is 374 g/mol. The molecule has 1 aliphatic rings. The van der Waals surface area contributed by atoms with E-state index in [9.17, 15) is 14.9 Å². The monoisotopic (exact) mass is 373 g/mol. The first-order chi connectivity index (χ1) is 12.5. The van der Waals surface area contributed by atoms with Crippen molar-refractivity contribution in [2.75, 3.05) is 24.5 Å². The molecule has 7 heteroatoms. The van der Waals surface area contributed by atoms with E-state index in [-0.39, 0.29) is 22.2 Å². The minimum absolute atomic E-state index is 0.0182. The Morgan fingerprint density at radius 2 is 1.85 bits per heavy atom. The summed E-state index contributed by atoms with van der Waals surface area (Å²) < 4.78 is 0. The molecule has 2 aromatic carbocycles. The number of benzene rings is 2. The van der Waals surface area contributed by atoms with E-state index in [1.54, 1.807) is 0 Å². The van der Waals surface area contributed by atoms with E-state index in [2.05, 4.69) is 34.5 Å². The second kappa shape index (κ2) is 8.19. The van der Waals surface area contributed by atoms with E-state index in [4.69, 9.17) is 11.6 Å². The molecule has 3 rings (SSSR count). The van der Waals surface area contributed by atoms with Crippen molar-refractivity contribution in [2.45, 2.75) is 19.3 Å². The van der Waals surface area contributed by atoms with Crippen LogP contribution in [0.25, 0.3) is 0 Å². The Kier molecular flexibility index (Phi) is 5.73. The fraction of sp³-hybridized carbons (Fsp3) is 0.316. The lowest BCUT2D eigenvalue weighted by Crippen LogP contribution is -2.25. The summed E-state index contributed by atoms with van der Waals surface area (Å²) in [5.74, 6) is -0.349. The summed E-state index contributed by atoms with van der Waals surface area (Å²) in [7, 11) is 0. The van der Waals surface area contributed by atoms with Gasteiger partial charge in [0.1, 0.15) is 5.02 Å². The highest BCUT2D eigenvalue weighted by molar-refractivity contribution is 6.32. The number of carbonyl (C=O) groups excluding carboxylic acids is 1. The minimum atomic E-state index is -0.596. The Hall–Kier alpha value is -2.60. The van der Waals surface area contributed by atoms with Crippen LogP contribution < -0.4 is 10.2 Å². The molecular weight excluding hydrogens is 354 g/mol.